The molecular formula is C16H22N4. The van der Waals surface area contributed by atoms with Crippen LogP contribution in [-0.2, 0) is 6.54 Å². The zero-order chi connectivity index (χ0) is 13.4. The molecule has 0 saturated carbocycles. The van der Waals surface area contributed by atoms with Gasteiger partial charge in [-0.2, -0.15) is 0 Å². The molecule has 20 heavy (non-hydrogen) atoms. The smallest absolute Gasteiger partial charge is 0.0457 e. The number of para-hydroxylation sites is 1. The highest BCUT2D eigenvalue weighted by Crippen LogP contribution is 2.20. The number of nitrogens with one attached hydrogen (secondary N) is 2. The summed E-state index contributed by atoms with van der Waals surface area (Å²) in [6.07, 6.45) is 2.17. The van der Waals surface area contributed by atoms with Gasteiger partial charge < -0.3 is 10.3 Å². The summed E-state index contributed by atoms with van der Waals surface area (Å²) in [6.45, 7) is 8.25. The number of H-pyrrole nitrogens is 1. The predicted molar refractivity (Wildman–Crippen MR) is 81.8 cm³/mol. The Balaban J connectivity index is 1.40. The van der Waals surface area contributed by atoms with Crippen molar-refractivity contribution in [1.82, 2.24) is 20.1 Å². The number of rotatable bonds is 3. The van der Waals surface area contributed by atoms with E-state index in [1.165, 1.54) is 55.7 Å². The first-order valence-corrected chi connectivity index (χ1v) is 7.62. The summed E-state index contributed by atoms with van der Waals surface area (Å²) in [5.74, 6) is 0. The summed E-state index contributed by atoms with van der Waals surface area (Å²) in [7, 11) is 0. The third-order valence-electron chi connectivity index (χ3n) is 4.75. The van der Waals surface area contributed by atoms with E-state index in [9.17, 15) is 0 Å². The highest BCUT2D eigenvalue weighted by Gasteiger charge is 2.27. The minimum absolute atomic E-state index is 0.797. The second-order valence-corrected chi connectivity index (χ2v) is 5.98. The van der Waals surface area contributed by atoms with Crippen molar-refractivity contribution in [2.24, 2.45) is 0 Å². The number of hydrogen-bond acceptors (Lipinski definition) is 3. The number of aromatic amines is 1. The second kappa shape index (κ2) is 5.20. The molecule has 3 heterocycles. The lowest BCUT2D eigenvalue weighted by molar-refractivity contribution is 0.0697. The predicted octanol–water partition coefficient (Wildman–Crippen LogP) is 1.26. The first-order valence-electron chi connectivity index (χ1n) is 7.62. The SMILES string of the molecule is c1ccc2c(CN3CCN(C4CNC4)CC3)c[nH]c2c1. The van der Waals surface area contributed by atoms with Gasteiger partial charge in [0.15, 0.2) is 0 Å². The zero-order valence-corrected chi connectivity index (χ0v) is 11.8. The Hall–Kier alpha value is -1.36. The van der Waals surface area contributed by atoms with Gasteiger partial charge in [0.05, 0.1) is 0 Å². The molecule has 1 aromatic carbocycles. The van der Waals surface area contributed by atoms with Crippen LogP contribution in [0, 0.1) is 0 Å². The first kappa shape index (κ1) is 12.4. The van der Waals surface area contributed by atoms with Crippen LogP contribution in [0.15, 0.2) is 30.5 Å². The van der Waals surface area contributed by atoms with Crippen molar-refractivity contribution >= 4 is 10.9 Å². The number of benzene rings is 1. The molecule has 0 amide bonds. The Morgan fingerprint density at radius 3 is 2.60 bits per heavy atom. The normalized spacial score (nSPS) is 22.2. The molecule has 1 aromatic heterocycles. The van der Waals surface area contributed by atoms with Gasteiger partial charge in [0.2, 0.25) is 0 Å². The summed E-state index contributed by atoms with van der Waals surface area (Å²) < 4.78 is 0. The number of fused-ring (bicyclic) bond motifs is 1. The number of nitrogens with zero attached hydrogens (tertiary/aromatic N) is 2. The van der Waals surface area contributed by atoms with Crippen molar-refractivity contribution in [2.75, 3.05) is 39.3 Å². The molecule has 2 fully saturated rings. The molecule has 2 aliphatic rings. The molecular weight excluding hydrogens is 248 g/mol. The lowest BCUT2D eigenvalue weighted by Crippen LogP contribution is -2.61. The fraction of sp³-hybridized carbons (Fsp3) is 0.500. The van der Waals surface area contributed by atoms with Gasteiger partial charge in [-0.1, -0.05) is 18.2 Å². The maximum Gasteiger partial charge on any atom is 0.0457 e. The molecule has 0 radical (unpaired) electrons. The van der Waals surface area contributed by atoms with Crippen molar-refractivity contribution < 1.29 is 0 Å². The van der Waals surface area contributed by atoms with E-state index < -0.39 is 0 Å². The van der Waals surface area contributed by atoms with Crippen LogP contribution in [0.2, 0.25) is 0 Å². The fourth-order valence-corrected chi connectivity index (χ4v) is 3.32. The highest BCUT2D eigenvalue weighted by atomic mass is 15.3. The average molecular weight is 270 g/mol. The van der Waals surface area contributed by atoms with Crippen LogP contribution in [0.25, 0.3) is 10.9 Å². The van der Waals surface area contributed by atoms with E-state index in [0.717, 1.165) is 12.6 Å². The fourth-order valence-electron chi connectivity index (χ4n) is 3.32. The molecule has 4 nitrogen and oxygen atoms in total. The molecule has 4 rings (SSSR count). The topological polar surface area (TPSA) is 34.3 Å². The molecule has 2 aromatic rings. The van der Waals surface area contributed by atoms with E-state index in [4.69, 9.17) is 0 Å². The Labute approximate surface area is 119 Å². The molecule has 2 saturated heterocycles. The summed E-state index contributed by atoms with van der Waals surface area (Å²) in [6, 6.07) is 9.39. The van der Waals surface area contributed by atoms with Crippen LogP contribution in [0.4, 0.5) is 0 Å². The van der Waals surface area contributed by atoms with E-state index in [0.29, 0.717) is 0 Å². The highest BCUT2D eigenvalue weighted by molar-refractivity contribution is 5.82. The lowest BCUT2D eigenvalue weighted by Gasteiger charge is -2.43. The Bertz CT molecular complexity index is 579. The minimum atomic E-state index is 0.797. The summed E-state index contributed by atoms with van der Waals surface area (Å²) in [5.41, 5.74) is 2.68. The average Bonchev–Trinajstić information content (AvgIpc) is 2.83. The van der Waals surface area contributed by atoms with E-state index in [1.54, 1.807) is 0 Å². The van der Waals surface area contributed by atoms with Gasteiger partial charge in [-0.05, 0) is 11.6 Å². The van der Waals surface area contributed by atoms with Gasteiger partial charge in [-0.25, -0.2) is 0 Å². The summed E-state index contributed by atoms with van der Waals surface area (Å²) in [5, 5.41) is 4.74. The molecule has 0 atom stereocenters. The third kappa shape index (κ3) is 2.24. The Morgan fingerprint density at radius 2 is 1.85 bits per heavy atom. The van der Waals surface area contributed by atoms with Crippen molar-refractivity contribution in [1.29, 1.82) is 0 Å². The lowest BCUT2D eigenvalue weighted by atomic mass is 10.1. The van der Waals surface area contributed by atoms with Crippen LogP contribution in [0.3, 0.4) is 0 Å². The molecule has 0 unspecified atom stereocenters. The van der Waals surface area contributed by atoms with Gasteiger partial charge in [0, 0.05) is 69.0 Å². The van der Waals surface area contributed by atoms with E-state index in [-0.39, 0.29) is 0 Å². The van der Waals surface area contributed by atoms with Crippen molar-refractivity contribution in [3.8, 4) is 0 Å². The maximum atomic E-state index is 3.38. The Kier molecular flexibility index (Phi) is 3.22. The second-order valence-electron chi connectivity index (χ2n) is 5.98. The van der Waals surface area contributed by atoms with E-state index >= 15 is 0 Å². The van der Waals surface area contributed by atoms with Gasteiger partial charge in [-0.3, -0.25) is 9.80 Å². The van der Waals surface area contributed by atoms with Crippen LogP contribution < -0.4 is 5.32 Å². The molecule has 0 spiro atoms. The summed E-state index contributed by atoms with van der Waals surface area (Å²) >= 11 is 0. The molecule has 4 heteroatoms. The maximum absolute atomic E-state index is 3.38. The van der Waals surface area contributed by atoms with Crippen molar-refractivity contribution in [3.05, 3.63) is 36.0 Å². The van der Waals surface area contributed by atoms with Crippen molar-refractivity contribution in [3.63, 3.8) is 0 Å². The largest absolute Gasteiger partial charge is 0.361 e. The van der Waals surface area contributed by atoms with Gasteiger partial charge >= 0.3 is 0 Å². The van der Waals surface area contributed by atoms with Crippen LogP contribution >= 0.6 is 0 Å². The zero-order valence-electron chi connectivity index (χ0n) is 11.8. The van der Waals surface area contributed by atoms with Gasteiger partial charge in [0.25, 0.3) is 0 Å². The third-order valence-corrected chi connectivity index (χ3v) is 4.75. The molecule has 0 bridgehead atoms. The van der Waals surface area contributed by atoms with E-state index in [2.05, 4.69) is 50.6 Å². The van der Waals surface area contributed by atoms with Crippen LogP contribution in [0.5, 0.6) is 0 Å². The minimum Gasteiger partial charge on any atom is -0.361 e. The van der Waals surface area contributed by atoms with Gasteiger partial charge in [0.1, 0.15) is 0 Å². The first-order chi connectivity index (χ1) is 9.90. The number of piperazine rings is 1. The molecule has 2 aliphatic heterocycles. The van der Waals surface area contributed by atoms with Crippen molar-refractivity contribution in [2.45, 2.75) is 12.6 Å². The molecule has 106 valence electrons. The van der Waals surface area contributed by atoms with Crippen LogP contribution in [0.1, 0.15) is 5.56 Å². The van der Waals surface area contributed by atoms with E-state index in [1.807, 2.05) is 0 Å². The summed E-state index contributed by atoms with van der Waals surface area (Å²) in [4.78, 5) is 8.60. The molecule has 0 aliphatic carbocycles. The Morgan fingerprint density at radius 1 is 1.05 bits per heavy atom. The quantitative estimate of drug-likeness (QED) is 0.881. The van der Waals surface area contributed by atoms with Crippen LogP contribution in [-0.4, -0.2) is 60.1 Å². The molecule has 2 N–H and O–H groups in total. The number of hydrogen-bond donors (Lipinski definition) is 2. The number of aromatic nitrogens is 1. The van der Waals surface area contributed by atoms with Gasteiger partial charge in [-0.15, -0.1) is 0 Å². The standard InChI is InChI=1S/C16H22N4/c1-2-4-16-15(3-1)13(9-18-16)12-19-5-7-20(8-6-19)14-10-17-11-14/h1-4,9,14,17-18H,5-8,10-12H2. The monoisotopic (exact) mass is 270 g/mol.